The lowest BCUT2D eigenvalue weighted by Crippen LogP contribution is -2.50. The van der Waals surface area contributed by atoms with E-state index in [2.05, 4.69) is 10.6 Å². The zero-order valence-corrected chi connectivity index (χ0v) is 20.5. The summed E-state index contributed by atoms with van der Waals surface area (Å²) in [5, 5.41) is 14.1. The molecule has 0 aliphatic carbocycles. The van der Waals surface area contributed by atoms with Crippen LogP contribution in [0.25, 0.3) is 0 Å². The number of esters is 2. The molecule has 35 heavy (non-hydrogen) atoms. The zero-order chi connectivity index (χ0) is 26.4. The van der Waals surface area contributed by atoms with E-state index >= 15 is 0 Å². The van der Waals surface area contributed by atoms with E-state index < -0.39 is 54.1 Å². The topological polar surface area (TPSA) is 148 Å². The van der Waals surface area contributed by atoms with Crippen LogP contribution in [0.2, 0.25) is 0 Å². The van der Waals surface area contributed by atoms with Crippen molar-refractivity contribution in [1.29, 1.82) is 0 Å². The standard InChI is InChI=1S/C25H34N2O8/c1-5-34-22(30)12-11-19(13-21(28)29)27-24(32)17(4)26-25(33)20(16(2)3)14-23(31)35-15-18-9-7-6-8-10-18/h6-12,16-17,19-20H,5,13-15H2,1-4H3,(H,26,33)(H,27,32)(H,28,29)/b12-11+/t17-,19+,20-/m0/s1. The molecule has 192 valence electrons. The lowest BCUT2D eigenvalue weighted by atomic mass is 9.91. The average molecular weight is 491 g/mol. The van der Waals surface area contributed by atoms with Crippen LogP contribution in [-0.4, -0.2) is 53.5 Å². The number of benzene rings is 1. The van der Waals surface area contributed by atoms with Crippen molar-refractivity contribution in [2.45, 2.75) is 59.2 Å². The van der Waals surface area contributed by atoms with Crippen LogP contribution in [0.5, 0.6) is 0 Å². The molecule has 0 aliphatic rings. The van der Waals surface area contributed by atoms with Crippen molar-refractivity contribution in [3.63, 3.8) is 0 Å². The van der Waals surface area contributed by atoms with Crippen LogP contribution in [0.3, 0.4) is 0 Å². The summed E-state index contributed by atoms with van der Waals surface area (Å²) >= 11 is 0. The summed E-state index contributed by atoms with van der Waals surface area (Å²) in [4.78, 5) is 60.2. The van der Waals surface area contributed by atoms with E-state index in [-0.39, 0.29) is 25.6 Å². The fraction of sp³-hybridized carbons (Fsp3) is 0.480. The molecule has 0 aliphatic heterocycles. The molecule has 0 radical (unpaired) electrons. The first-order valence-electron chi connectivity index (χ1n) is 11.4. The van der Waals surface area contributed by atoms with Crippen molar-refractivity contribution in [2.75, 3.05) is 6.61 Å². The van der Waals surface area contributed by atoms with E-state index in [9.17, 15) is 24.0 Å². The fourth-order valence-corrected chi connectivity index (χ4v) is 3.04. The van der Waals surface area contributed by atoms with Crippen molar-refractivity contribution < 1.29 is 38.6 Å². The smallest absolute Gasteiger partial charge is 0.330 e. The maximum absolute atomic E-state index is 12.8. The number of hydrogen-bond donors (Lipinski definition) is 3. The van der Waals surface area contributed by atoms with Crippen LogP contribution >= 0.6 is 0 Å². The molecule has 0 spiro atoms. The number of carbonyl (C=O) groups excluding carboxylic acids is 4. The Morgan fingerprint density at radius 1 is 0.943 bits per heavy atom. The summed E-state index contributed by atoms with van der Waals surface area (Å²) in [6, 6.07) is 7.14. The molecule has 0 bridgehead atoms. The highest BCUT2D eigenvalue weighted by Crippen LogP contribution is 2.17. The Morgan fingerprint density at radius 2 is 1.60 bits per heavy atom. The molecule has 0 fully saturated rings. The number of aliphatic carboxylic acids is 1. The van der Waals surface area contributed by atoms with Gasteiger partial charge in [0.05, 0.1) is 31.4 Å². The molecule has 2 amide bonds. The quantitative estimate of drug-likeness (QED) is 0.265. The Hall–Kier alpha value is -3.69. The highest BCUT2D eigenvalue weighted by atomic mass is 16.5. The summed E-state index contributed by atoms with van der Waals surface area (Å²) < 4.78 is 10.0. The Balaban J connectivity index is 2.70. The van der Waals surface area contributed by atoms with Crippen LogP contribution in [0.4, 0.5) is 0 Å². The van der Waals surface area contributed by atoms with Gasteiger partial charge in [0.25, 0.3) is 0 Å². The van der Waals surface area contributed by atoms with Gasteiger partial charge < -0.3 is 25.2 Å². The number of carbonyl (C=O) groups is 5. The van der Waals surface area contributed by atoms with Gasteiger partial charge in [-0.25, -0.2) is 4.79 Å². The van der Waals surface area contributed by atoms with Gasteiger partial charge in [-0.05, 0) is 25.3 Å². The van der Waals surface area contributed by atoms with E-state index in [1.807, 2.05) is 30.3 Å². The van der Waals surface area contributed by atoms with Gasteiger partial charge in [-0.3, -0.25) is 19.2 Å². The number of nitrogens with one attached hydrogen (secondary N) is 2. The van der Waals surface area contributed by atoms with Crippen molar-refractivity contribution in [3.05, 3.63) is 48.0 Å². The summed E-state index contributed by atoms with van der Waals surface area (Å²) in [5.74, 6) is -4.48. The monoisotopic (exact) mass is 490 g/mol. The van der Waals surface area contributed by atoms with Crippen LogP contribution in [0.15, 0.2) is 42.5 Å². The van der Waals surface area contributed by atoms with Gasteiger partial charge in [0.2, 0.25) is 11.8 Å². The first kappa shape index (κ1) is 29.3. The maximum atomic E-state index is 12.8. The first-order valence-corrected chi connectivity index (χ1v) is 11.4. The molecule has 3 N–H and O–H groups in total. The number of carboxylic acids is 1. The average Bonchev–Trinajstić information content (AvgIpc) is 2.79. The molecule has 3 atom stereocenters. The number of ether oxygens (including phenoxy) is 2. The lowest BCUT2D eigenvalue weighted by molar-refractivity contribution is -0.149. The molecule has 10 heteroatoms. The second-order valence-corrected chi connectivity index (χ2v) is 8.26. The van der Waals surface area contributed by atoms with Gasteiger partial charge in [-0.1, -0.05) is 50.3 Å². The highest BCUT2D eigenvalue weighted by molar-refractivity contribution is 5.90. The molecule has 10 nitrogen and oxygen atoms in total. The van der Waals surface area contributed by atoms with Crippen LogP contribution in [0.1, 0.15) is 46.1 Å². The van der Waals surface area contributed by atoms with E-state index in [0.717, 1.165) is 11.6 Å². The molecule has 1 rings (SSSR count). The predicted octanol–water partition coefficient (Wildman–Crippen LogP) is 1.98. The molecule has 0 saturated carbocycles. The first-order chi connectivity index (χ1) is 16.5. The molecular weight excluding hydrogens is 456 g/mol. The van der Waals surface area contributed by atoms with Crippen LogP contribution < -0.4 is 10.6 Å². The molecule has 1 aromatic rings. The SMILES string of the molecule is CCOC(=O)/C=C/[C@H](CC(=O)O)NC(=O)[C@H](C)NC(=O)[C@@H](CC(=O)OCc1ccccc1)C(C)C. The van der Waals surface area contributed by atoms with Gasteiger partial charge >= 0.3 is 17.9 Å². The van der Waals surface area contributed by atoms with Crippen LogP contribution in [-0.2, 0) is 40.1 Å². The van der Waals surface area contributed by atoms with E-state index in [4.69, 9.17) is 14.6 Å². The minimum absolute atomic E-state index is 0.0925. The Morgan fingerprint density at radius 3 is 2.17 bits per heavy atom. The van der Waals surface area contributed by atoms with Gasteiger partial charge in [0, 0.05) is 6.08 Å². The molecule has 1 aromatic carbocycles. The van der Waals surface area contributed by atoms with Gasteiger partial charge in [-0.2, -0.15) is 0 Å². The second-order valence-electron chi connectivity index (χ2n) is 8.26. The normalized spacial score (nSPS) is 13.5. The van der Waals surface area contributed by atoms with Crippen molar-refractivity contribution in [3.8, 4) is 0 Å². The summed E-state index contributed by atoms with van der Waals surface area (Å²) in [7, 11) is 0. The minimum atomic E-state index is -1.19. The third-order valence-corrected chi connectivity index (χ3v) is 5.00. The zero-order valence-electron chi connectivity index (χ0n) is 20.5. The van der Waals surface area contributed by atoms with Gasteiger partial charge in [0.1, 0.15) is 12.6 Å². The largest absolute Gasteiger partial charge is 0.481 e. The third-order valence-electron chi connectivity index (χ3n) is 5.00. The predicted molar refractivity (Wildman–Crippen MR) is 127 cm³/mol. The Labute approximate surface area is 205 Å². The summed E-state index contributed by atoms with van der Waals surface area (Å²) in [6.07, 6.45) is 1.63. The second kappa shape index (κ2) is 15.3. The van der Waals surface area contributed by atoms with E-state index in [0.29, 0.717) is 0 Å². The molecule has 0 saturated heterocycles. The van der Waals surface area contributed by atoms with Crippen molar-refractivity contribution >= 4 is 29.7 Å². The Kier molecular flexibility index (Phi) is 12.8. The number of rotatable bonds is 14. The van der Waals surface area contributed by atoms with E-state index in [1.54, 1.807) is 20.8 Å². The molecule has 0 heterocycles. The molecular formula is C25H34N2O8. The number of hydrogen-bond acceptors (Lipinski definition) is 7. The van der Waals surface area contributed by atoms with E-state index in [1.165, 1.54) is 13.0 Å². The summed E-state index contributed by atoms with van der Waals surface area (Å²) in [5.41, 5.74) is 0.824. The Bertz CT molecular complexity index is 898. The number of amides is 2. The molecule has 0 unspecified atom stereocenters. The third kappa shape index (κ3) is 11.8. The number of carboxylic acid groups (broad SMARTS) is 1. The van der Waals surface area contributed by atoms with Gasteiger partial charge in [0.15, 0.2) is 0 Å². The fourth-order valence-electron chi connectivity index (χ4n) is 3.04. The summed E-state index contributed by atoms with van der Waals surface area (Å²) in [6.45, 7) is 6.87. The molecule has 0 aromatic heterocycles. The van der Waals surface area contributed by atoms with Crippen LogP contribution in [0, 0.1) is 11.8 Å². The highest BCUT2D eigenvalue weighted by Gasteiger charge is 2.29. The maximum Gasteiger partial charge on any atom is 0.330 e. The minimum Gasteiger partial charge on any atom is -0.481 e. The lowest BCUT2D eigenvalue weighted by Gasteiger charge is -2.23. The van der Waals surface area contributed by atoms with Crippen molar-refractivity contribution in [1.82, 2.24) is 10.6 Å². The van der Waals surface area contributed by atoms with Crippen molar-refractivity contribution in [2.24, 2.45) is 11.8 Å². The van der Waals surface area contributed by atoms with Gasteiger partial charge in [-0.15, -0.1) is 0 Å².